The number of para-hydroxylation sites is 1. The highest BCUT2D eigenvalue weighted by molar-refractivity contribution is 6.07. The Morgan fingerprint density at radius 2 is 2.00 bits per heavy atom. The van der Waals surface area contributed by atoms with E-state index in [4.69, 9.17) is 0 Å². The number of carbonyl (C=O) groups is 2. The number of aromatic nitrogens is 1. The molecule has 2 aromatic rings. The van der Waals surface area contributed by atoms with E-state index in [1.54, 1.807) is 31.3 Å². The van der Waals surface area contributed by atoms with Crippen LogP contribution in [0.15, 0.2) is 35.1 Å². The maximum Gasteiger partial charge on any atom is 0.326 e. The van der Waals surface area contributed by atoms with Crippen molar-refractivity contribution in [1.29, 1.82) is 0 Å². The number of carboxylic acids is 1. The van der Waals surface area contributed by atoms with Gasteiger partial charge in [0.05, 0.1) is 11.1 Å². The van der Waals surface area contributed by atoms with Gasteiger partial charge in [0.1, 0.15) is 6.04 Å². The van der Waals surface area contributed by atoms with Gasteiger partial charge in [0.15, 0.2) is 0 Å². The third-order valence-electron chi connectivity index (χ3n) is 4.18. The molecule has 1 saturated heterocycles. The SMILES string of the molecule is Cn1c(=O)cc(C(=O)N2CCC[C@@H]2C(=O)O)c2ccccc21. The van der Waals surface area contributed by atoms with Crippen molar-refractivity contribution in [1.82, 2.24) is 9.47 Å². The van der Waals surface area contributed by atoms with E-state index >= 15 is 0 Å². The zero-order valence-electron chi connectivity index (χ0n) is 12.2. The summed E-state index contributed by atoms with van der Waals surface area (Å²) in [6.45, 7) is 0.402. The van der Waals surface area contributed by atoms with Crippen molar-refractivity contribution in [2.45, 2.75) is 18.9 Å². The molecule has 0 spiro atoms. The van der Waals surface area contributed by atoms with Crippen molar-refractivity contribution < 1.29 is 14.7 Å². The number of pyridine rings is 1. The zero-order valence-corrected chi connectivity index (χ0v) is 12.2. The fourth-order valence-electron chi connectivity index (χ4n) is 3.01. The Morgan fingerprint density at radius 1 is 1.27 bits per heavy atom. The number of carboxylic acid groups (broad SMARTS) is 1. The Hall–Kier alpha value is -2.63. The summed E-state index contributed by atoms with van der Waals surface area (Å²) in [5, 5.41) is 9.89. The lowest BCUT2D eigenvalue weighted by Gasteiger charge is -2.22. The van der Waals surface area contributed by atoms with Crippen LogP contribution in [0.25, 0.3) is 10.9 Å². The molecule has 0 aliphatic carbocycles. The first-order chi connectivity index (χ1) is 10.5. The van der Waals surface area contributed by atoms with E-state index in [1.807, 2.05) is 0 Å². The molecule has 0 unspecified atom stereocenters. The van der Waals surface area contributed by atoms with Crippen LogP contribution in [-0.4, -0.2) is 39.0 Å². The highest BCUT2D eigenvalue weighted by Crippen LogP contribution is 2.23. The highest BCUT2D eigenvalue weighted by atomic mass is 16.4. The van der Waals surface area contributed by atoms with Crippen LogP contribution in [0.2, 0.25) is 0 Å². The number of aliphatic carboxylic acids is 1. The molecular weight excluding hydrogens is 284 g/mol. The Labute approximate surface area is 126 Å². The van der Waals surface area contributed by atoms with Crippen LogP contribution in [-0.2, 0) is 11.8 Å². The minimum atomic E-state index is -1.00. The number of likely N-dealkylation sites (tertiary alicyclic amines) is 1. The molecule has 0 bridgehead atoms. The van der Waals surface area contributed by atoms with Gasteiger partial charge in [-0.25, -0.2) is 4.79 Å². The molecule has 114 valence electrons. The summed E-state index contributed by atoms with van der Waals surface area (Å²) in [6, 6.07) is 7.62. The number of carbonyl (C=O) groups excluding carboxylic acids is 1. The fourth-order valence-corrected chi connectivity index (χ4v) is 3.01. The molecule has 1 aliphatic heterocycles. The molecule has 0 saturated carbocycles. The zero-order chi connectivity index (χ0) is 15.9. The number of fused-ring (bicyclic) bond motifs is 1. The molecule has 1 fully saturated rings. The first-order valence-electron chi connectivity index (χ1n) is 7.13. The topological polar surface area (TPSA) is 79.6 Å². The smallest absolute Gasteiger partial charge is 0.326 e. The van der Waals surface area contributed by atoms with Crippen LogP contribution in [0.1, 0.15) is 23.2 Å². The quantitative estimate of drug-likeness (QED) is 0.904. The summed E-state index contributed by atoms with van der Waals surface area (Å²) in [5.41, 5.74) is 0.643. The number of benzene rings is 1. The second kappa shape index (κ2) is 5.29. The average Bonchev–Trinajstić information content (AvgIpc) is 3.00. The van der Waals surface area contributed by atoms with E-state index in [9.17, 15) is 19.5 Å². The average molecular weight is 300 g/mol. The van der Waals surface area contributed by atoms with Crippen LogP contribution in [0.3, 0.4) is 0 Å². The van der Waals surface area contributed by atoms with Crippen molar-refractivity contribution in [3.8, 4) is 0 Å². The van der Waals surface area contributed by atoms with E-state index in [0.29, 0.717) is 30.3 Å². The number of amides is 1. The van der Waals surface area contributed by atoms with Gasteiger partial charge in [-0.05, 0) is 18.9 Å². The summed E-state index contributed by atoms with van der Waals surface area (Å²) in [5.74, 6) is -1.39. The Bertz CT molecular complexity index is 824. The van der Waals surface area contributed by atoms with Crippen LogP contribution < -0.4 is 5.56 Å². The van der Waals surface area contributed by atoms with E-state index in [-0.39, 0.29) is 17.0 Å². The van der Waals surface area contributed by atoms with E-state index < -0.39 is 12.0 Å². The van der Waals surface area contributed by atoms with Gasteiger partial charge in [-0.15, -0.1) is 0 Å². The van der Waals surface area contributed by atoms with Crippen LogP contribution >= 0.6 is 0 Å². The van der Waals surface area contributed by atoms with Crippen molar-refractivity contribution in [3.05, 3.63) is 46.2 Å². The van der Waals surface area contributed by atoms with Crippen LogP contribution in [0.5, 0.6) is 0 Å². The number of nitrogens with zero attached hydrogens (tertiary/aromatic N) is 2. The number of rotatable bonds is 2. The Balaban J connectivity index is 2.14. The molecular formula is C16H16N2O4. The first kappa shape index (κ1) is 14.3. The molecule has 1 amide bonds. The second-order valence-corrected chi connectivity index (χ2v) is 5.47. The van der Waals surface area contributed by atoms with Gasteiger partial charge in [-0.2, -0.15) is 0 Å². The van der Waals surface area contributed by atoms with Gasteiger partial charge in [-0.3, -0.25) is 9.59 Å². The Morgan fingerprint density at radius 3 is 2.73 bits per heavy atom. The molecule has 22 heavy (non-hydrogen) atoms. The summed E-state index contributed by atoms with van der Waals surface area (Å²) in [6.07, 6.45) is 1.11. The van der Waals surface area contributed by atoms with Gasteiger partial charge in [0.25, 0.3) is 11.5 Å². The van der Waals surface area contributed by atoms with E-state index in [2.05, 4.69) is 0 Å². The maximum atomic E-state index is 12.8. The second-order valence-electron chi connectivity index (χ2n) is 5.47. The molecule has 3 rings (SSSR count). The lowest BCUT2D eigenvalue weighted by atomic mass is 10.1. The Kier molecular flexibility index (Phi) is 3.44. The molecule has 6 nitrogen and oxygen atoms in total. The molecule has 1 atom stereocenters. The lowest BCUT2D eigenvalue weighted by Crippen LogP contribution is -2.41. The normalized spacial score (nSPS) is 17.9. The lowest BCUT2D eigenvalue weighted by molar-refractivity contribution is -0.141. The fraction of sp³-hybridized carbons (Fsp3) is 0.312. The molecule has 2 heterocycles. The first-order valence-corrected chi connectivity index (χ1v) is 7.13. The van der Waals surface area contributed by atoms with Gasteiger partial charge in [0, 0.05) is 25.0 Å². The molecule has 1 N–H and O–H groups in total. The minimum Gasteiger partial charge on any atom is -0.480 e. The standard InChI is InChI=1S/C16H16N2O4/c1-17-12-6-3-2-5-10(12)11(9-14(17)19)15(20)18-8-4-7-13(18)16(21)22/h2-3,5-6,9,13H,4,7-8H2,1H3,(H,21,22)/t13-/m1/s1. The highest BCUT2D eigenvalue weighted by Gasteiger charge is 2.35. The summed E-state index contributed by atoms with van der Waals surface area (Å²) in [4.78, 5) is 37.4. The number of hydrogen-bond donors (Lipinski definition) is 1. The molecule has 1 aliphatic rings. The van der Waals surface area contributed by atoms with E-state index in [1.165, 1.54) is 15.5 Å². The summed E-state index contributed by atoms with van der Waals surface area (Å²) < 4.78 is 1.48. The molecule has 1 aromatic heterocycles. The van der Waals surface area contributed by atoms with Crippen molar-refractivity contribution in [3.63, 3.8) is 0 Å². The maximum absolute atomic E-state index is 12.8. The van der Waals surface area contributed by atoms with Crippen molar-refractivity contribution in [2.75, 3.05) is 6.54 Å². The van der Waals surface area contributed by atoms with Crippen LogP contribution in [0, 0.1) is 0 Å². The number of hydrogen-bond acceptors (Lipinski definition) is 3. The largest absolute Gasteiger partial charge is 0.480 e. The predicted octanol–water partition coefficient (Wildman–Crippen LogP) is 1.23. The third-order valence-corrected chi connectivity index (χ3v) is 4.18. The van der Waals surface area contributed by atoms with E-state index in [0.717, 1.165) is 0 Å². The molecule has 1 aromatic carbocycles. The van der Waals surface area contributed by atoms with Gasteiger partial charge in [0.2, 0.25) is 0 Å². The molecule has 0 radical (unpaired) electrons. The number of aryl methyl sites for hydroxylation is 1. The third kappa shape index (κ3) is 2.16. The van der Waals surface area contributed by atoms with Crippen LogP contribution in [0.4, 0.5) is 0 Å². The summed E-state index contributed by atoms with van der Waals surface area (Å²) >= 11 is 0. The summed E-state index contributed by atoms with van der Waals surface area (Å²) in [7, 11) is 1.65. The predicted molar refractivity (Wildman–Crippen MR) is 80.9 cm³/mol. The van der Waals surface area contributed by atoms with Gasteiger partial charge < -0.3 is 14.6 Å². The van der Waals surface area contributed by atoms with Crippen molar-refractivity contribution in [2.24, 2.45) is 7.05 Å². The molecule has 6 heteroatoms. The monoisotopic (exact) mass is 300 g/mol. The van der Waals surface area contributed by atoms with Crippen molar-refractivity contribution >= 4 is 22.8 Å². The van der Waals surface area contributed by atoms with Gasteiger partial charge in [-0.1, -0.05) is 18.2 Å². The van der Waals surface area contributed by atoms with Gasteiger partial charge >= 0.3 is 5.97 Å². The minimum absolute atomic E-state index is 0.270.